The van der Waals surface area contributed by atoms with Crippen LogP contribution < -0.4 is 24.8 Å². The summed E-state index contributed by atoms with van der Waals surface area (Å²) in [5.74, 6) is 0.599. The lowest BCUT2D eigenvalue weighted by Crippen LogP contribution is -2.20. The van der Waals surface area contributed by atoms with E-state index < -0.39 is 5.91 Å². The molecule has 3 aromatic carbocycles. The average molecular weight is 500 g/mol. The maximum atomic E-state index is 12.7. The number of ether oxygens (including phenoxy) is 3. The van der Waals surface area contributed by atoms with Crippen molar-refractivity contribution < 1.29 is 23.8 Å². The normalized spacial score (nSPS) is 10.7. The molecule has 0 unspecified atom stereocenters. The Bertz CT molecular complexity index is 1310. The fourth-order valence-electron chi connectivity index (χ4n) is 3.38. The molecular weight excluding hydrogens is 470 g/mol. The van der Waals surface area contributed by atoms with Gasteiger partial charge in [-0.3, -0.25) is 9.59 Å². The van der Waals surface area contributed by atoms with Gasteiger partial charge in [0.1, 0.15) is 17.4 Å². The maximum absolute atomic E-state index is 12.7. The molecule has 0 saturated carbocycles. The molecule has 3 rings (SSSR count). The number of benzene rings is 3. The number of amides is 2. The van der Waals surface area contributed by atoms with Crippen LogP contribution in [0.5, 0.6) is 17.2 Å². The highest BCUT2D eigenvalue weighted by Crippen LogP contribution is 2.29. The molecule has 0 aliphatic rings. The molecule has 0 aromatic heterocycles. The van der Waals surface area contributed by atoms with E-state index in [1.54, 1.807) is 48.5 Å². The lowest BCUT2D eigenvalue weighted by atomic mass is 10.1. The molecular formula is C29H29N3O5. The first-order chi connectivity index (χ1) is 17.9. The van der Waals surface area contributed by atoms with Gasteiger partial charge in [-0.25, -0.2) is 0 Å². The van der Waals surface area contributed by atoms with E-state index >= 15 is 0 Å². The highest BCUT2D eigenvalue weighted by Gasteiger charge is 2.13. The molecule has 0 heterocycles. The zero-order valence-electron chi connectivity index (χ0n) is 21.0. The Balaban J connectivity index is 1.68. The van der Waals surface area contributed by atoms with Crippen molar-refractivity contribution in [3.63, 3.8) is 0 Å². The van der Waals surface area contributed by atoms with E-state index in [1.165, 1.54) is 6.08 Å². The Kier molecular flexibility index (Phi) is 9.68. The predicted molar refractivity (Wildman–Crippen MR) is 143 cm³/mol. The molecule has 8 nitrogen and oxygen atoms in total. The summed E-state index contributed by atoms with van der Waals surface area (Å²) in [6, 6.07) is 21.2. The van der Waals surface area contributed by atoms with Crippen LogP contribution in [0, 0.1) is 18.3 Å². The van der Waals surface area contributed by atoms with Crippen LogP contribution in [0.25, 0.3) is 6.08 Å². The third-order valence-electron chi connectivity index (χ3n) is 5.03. The van der Waals surface area contributed by atoms with Gasteiger partial charge < -0.3 is 24.8 Å². The number of nitriles is 1. The van der Waals surface area contributed by atoms with Crippen molar-refractivity contribution in [3.8, 4) is 23.3 Å². The van der Waals surface area contributed by atoms with Crippen molar-refractivity contribution >= 4 is 29.3 Å². The molecule has 0 saturated heterocycles. The molecule has 2 N–H and O–H groups in total. The first-order valence-electron chi connectivity index (χ1n) is 11.8. The van der Waals surface area contributed by atoms with E-state index in [4.69, 9.17) is 14.2 Å². The van der Waals surface area contributed by atoms with Gasteiger partial charge >= 0.3 is 0 Å². The van der Waals surface area contributed by atoms with E-state index in [9.17, 15) is 14.9 Å². The zero-order chi connectivity index (χ0) is 26.6. The van der Waals surface area contributed by atoms with Gasteiger partial charge in [-0.2, -0.15) is 5.26 Å². The van der Waals surface area contributed by atoms with Gasteiger partial charge in [0.05, 0.1) is 13.2 Å². The van der Waals surface area contributed by atoms with Crippen LogP contribution in [0.2, 0.25) is 0 Å². The summed E-state index contributed by atoms with van der Waals surface area (Å²) < 4.78 is 16.7. The van der Waals surface area contributed by atoms with Gasteiger partial charge in [0.2, 0.25) is 0 Å². The number of nitrogens with one attached hydrogen (secondary N) is 2. The summed E-state index contributed by atoms with van der Waals surface area (Å²) in [4.78, 5) is 25.0. The predicted octanol–water partition coefficient (Wildman–Crippen LogP) is 5.36. The quantitative estimate of drug-likeness (QED) is 0.272. The van der Waals surface area contributed by atoms with Crippen LogP contribution in [0.15, 0.2) is 72.3 Å². The van der Waals surface area contributed by atoms with Crippen molar-refractivity contribution in [2.45, 2.75) is 20.8 Å². The van der Waals surface area contributed by atoms with Gasteiger partial charge in [0, 0.05) is 11.4 Å². The van der Waals surface area contributed by atoms with Crippen LogP contribution in [-0.4, -0.2) is 31.6 Å². The molecule has 0 aliphatic carbocycles. The van der Waals surface area contributed by atoms with Crippen LogP contribution in [0.4, 0.5) is 11.4 Å². The lowest BCUT2D eigenvalue weighted by Gasteiger charge is -2.13. The van der Waals surface area contributed by atoms with Gasteiger partial charge in [-0.15, -0.1) is 0 Å². The number of aryl methyl sites for hydroxylation is 1. The molecule has 0 spiro atoms. The number of nitrogens with zero attached hydrogens (tertiary/aromatic N) is 1. The lowest BCUT2D eigenvalue weighted by molar-refractivity contribution is -0.118. The van der Waals surface area contributed by atoms with E-state index in [2.05, 4.69) is 10.6 Å². The molecule has 0 atom stereocenters. The molecule has 2 amide bonds. The van der Waals surface area contributed by atoms with Crippen molar-refractivity contribution in [2.75, 3.05) is 30.5 Å². The molecule has 0 radical (unpaired) electrons. The summed E-state index contributed by atoms with van der Waals surface area (Å²) in [5.41, 5.74) is 2.75. The summed E-state index contributed by atoms with van der Waals surface area (Å²) in [5, 5.41) is 15.1. The third-order valence-corrected chi connectivity index (χ3v) is 5.03. The molecule has 190 valence electrons. The first-order valence-corrected chi connectivity index (χ1v) is 11.8. The van der Waals surface area contributed by atoms with Crippen LogP contribution in [0.3, 0.4) is 0 Å². The zero-order valence-corrected chi connectivity index (χ0v) is 21.0. The van der Waals surface area contributed by atoms with Gasteiger partial charge in [0.15, 0.2) is 18.1 Å². The second-order valence-electron chi connectivity index (χ2n) is 7.93. The van der Waals surface area contributed by atoms with E-state index in [0.717, 1.165) is 5.56 Å². The number of hydrogen-bond acceptors (Lipinski definition) is 6. The fourth-order valence-corrected chi connectivity index (χ4v) is 3.38. The Morgan fingerprint density at radius 1 is 0.865 bits per heavy atom. The standard InChI is InChI=1S/C29H29N3O5/c1-4-35-25-12-10-23(11-13-25)32-29(34)22(18-30)16-21-9-14-26(27(17-21)36-5-2)37-19-28(33)31-24-8-6-7-20(3)15-24/h6-17H,4-5,19H2,1-3H3,(H,31,33)(H,32,34)/b22-16+. The smallest absolute Gasteiger partial charge is 0.266 e. The highest BCUT2D eigenvalue weighted by molar-refractivity contribution is 6.09. The van der Waals surface area contributed by atoms with Gasteiger partial charge in [0.25, 0.3) is 11.8 Å². The summed E-state index contributed by atoms with van der Waals surface area (Å²) in [7, 11) is 0. The Morgan fingerprint density at radius 2 is 1.62 bits per heavy atom. The Labute approximate surface area is 216 Å². The Morgan fingerprint density at radius 3 is 2.30 bits per heavy atom. The fraction of sp³-hybridized carbons (Fsp3) is 0.207. The van der Waals surface area contributed by atoms with Crippen molar-refractivity contribution in [3.05, 3.63) is 83.4 Å². The molecule has 0 bridgehead atoms. The highest BCUT2D eigenvalue weighted by atomic mass is 16.5. The van der Waals surface area contributed by atoms with Crippen LogP contribution in [0.1, 0.15) is 25.0 Å². The molecule has 3 aromatic rings. The number of carbonyl (C=O) groups is 2. The van der Waals surface area contributed by atoms with Gasteiger partial charge in [-0.1, -0.05) is 18.2 Å². The minimum Gasteiger partial charge on any atom is -0.494 e. The Hall–Kier alpha value is -4.77. The maximum Gasteiger partial charge on any atom is 0.266 e. The molecule has 0 fully saturated rings. The van der Waals surface area contributed by atoms with Crippen molar-refractivity contribution in [1.29, 1.82) is 5.26 Å². The SMILES string of the molecule is CCOc1ccc(NC(=O)/C(C#N)=C/c2ccc(OCC(=O)Nc3cccc(C)c3)c(OCC)c2)cc1. The molecule has 37 heavy (non-hydrogen) atoms. The largest absolute Gasteiger partial charge is 0.494 e. The molecule has 0 aliphatic heterocycles. The minimum absolute atomic E-state index is 0.0810. The van der Waals surface area contributed by atoms with E-state index in [1.807, 2.05) is 45.0 Å². The van der Waals surface area contributed by atoms with Crippen molar-refractivity contribution in [2.24, 2.45) is 0 Å². The first kappa shape index (κ1) is 26.8. The number of hydrogen-bond donors (Lipinski definition) is 2. The van der Waals surface area contributed by atoms with E-state index in [-0.39, 0.29) is 18.1 Å². The van der Waals surface area contributed by atoms with Crippen LogP contribution >= 0.6 is 0 Å². The summed E-state index contributed by atoms with van der Waals surface area (Å²) in [6.45, 7) is 6.35. The number of carbonyl (C=O) groups excluding carboxylic acids is 2. The number of anilines is 2. The average Bonchev–Trinajstić information content (AvgIpc) is 2.88. The third kappa shape index (κ3) is 8.15. The second kappa shape index (κ2) is 13.4. The van der Waals surface area contributed by atoms with Crippen LogP contribution in [-0.2, 0) is 9.59 Å². The second-order valence-corrected chi connectivity index (χ2v) is 7.93. The number of rotatable bonds is 11. The monoisotopic (exact) mass is 499 g/mol. The topological polar surface area (TPSA) is 110 Å². The summed E-state index contributed by atoms with van der Waals surface area (Å²) >= 11 is 0. The van der Waals surface area contributed by atoms with E-state index in [0.29, 0.717) is 47.4 Å². The summed E-state index contributed by atoms with van der Waals surface area (Å²) in [6.07, 6.45) is 1.46. The minimum atomic E-state index is -0.544. The molecule has 8 heteroatoms. The van der Waals surface area contributed by atoms with Crippen molar-refractivity contribution in [1.82, 2.24) is 0 Å². The van der Waals surface area contributed by atoms with Gasteiger partial charge in [-0.05, 0) is 86.5 Å².